The molecule has 4 heteroatoms. The molecule has 0 bridgehead atoms. The average molecular weight is 219 g/mol. The van der Waals surface area contributed by atoms with E-state index in [-0.39, 0.29) is 0 Å². The molecule has 0 saturated carbocycles. The van der Waals surface area contributed by atoms with Crippen molar-refractivity contribution in [2.45, 2.75) is 13.0 Å². The first-order valence-corrected chi connectivity index (χ1v) is 4.93. The second-order valence-electron chi connectivity index (χ2n) is 3.49. The Labute approximate surface area is 93.5 Å². The Morgan fingerprint density at radius 3 is 2.88 bits per heavy atom. The lowest BCUT2D eigenvalue weighted by atomic mass is 10.0. The molecule has 2 heterocycles. The highest BCUT2D eigenvalue weighted by molar-refractivity contribution is 5.33. The maximum atomic E-state index is 10.1. The lowest BCUT2D eigenvalue weighted by Gasteiger charge is -2.10. The van der Waals surface area contributed by atoms with Crippen molar-refractivity contribution in [3.05, 3.63) is 47.7 Å². The van der Waals surface area contributed by atoms with Gasteiger partial charge in [0.15, 0.2) is 0 Å². The third kappa shape index (κ3) is 1.92. The number of aliphatic hydroxyl groups is 1. The quantitative estimate of drug-likeness (QED) is 0.858. The zero-order valence-electron chi connectivity index (χ0n) is 9.18. The van der Waals surface area contributed by atoms with E-state index in [1.807, 2.05) is 6.92 Å². The summed E-state index contributed by atoms with van der Waals surface area (Å²) in [5.74, 6) is 1.33. The average Bonchev–Trinajstić information content (AvgIpc) is 2.74. The number of hydrogen-bond acceptors (Lipinski definition) is 4. The molecule has 1 unspecified atom stereocenters. The highest BCUT2D eigenvalue weighted by atomic mass is 16.5. The summed E-state index contributed by atoms with van der Waals surface area (Å²) in [5.41, 5.74) is 1.43. The summed E-state index contributed by atoms with van der Waals surface area (Å²) in [6.45, 7) is 1.81. The van der Waals surface area contributed by atoms with Gasteiger partial charge in [-0.2, -0.15) is 0 Å². The highest BCUT2D eigenvalue weighted by Crippen LogP contribution is 2.26. The van der Waals surface area contributed by atoms with Gasteiger partial charge in [0.1, 0.15) is 17.6 Å². The van der Waals surface area contributed by atoms with Crippen LogP contribution in [-0.2, 0) is 0 Å². The van der Waals surface area contributed by atoms with Crippen molar-refractivity contribution < 1.29 is 14.3 Å². The van der Waals surface area contributed by atoms with Crippen LogP contribution in [0.15, 0.2) is 35.2 Å². The van der Waals surface area contributed by atoms with E-state index in [9.17, 15) is 5.11 Å². The number of pyridine rings is 1. The molecule has 2 aromatic heterocycles. The van der Waals surface area contributed by atoms with Gasteiger partial charge in [-0.25, -0.2) is 0 Å². The smallest absolute Gasteiger partial charge is 0.137 e. The van der Waals surface area contributed by atoms with Crippen molar-refractivity contribution in [3.63, 3.8) is 0 Å². The van der Waals surface area contributed by atoms with Gasteiger partial charge >= 0.3 is 0 Å². The second-order valence-corrected chi connectivity index (χ2v) is 3.49. The number of aliphatic hydroxyl groups excluding tert-OH is 1. The zero-order valence-corrected chi connectivity index (χ0v) is 9.18. The van der Waals surface area contributed by atoms with E-state index in [2.05, 4.69) is 4.98 Å². The molecule has 1 N–H and O–H groups in total. The predicted molar refractivity (Wildman–Crippen MR) is 58.3 cm³/mol. The van der Waals surface area contributed by atoms with Crippen LogP contribution in [0.2, 0.25) is 0 Å². The molecule has 0 aliphatic rings. The minimum absolute atomic E-state index is 0.623. The van der Waals surface area contributed by atoms with E-state index in [1.165, 1.54) is 0 Å². The Bertz CT molecular complexity index is 479. The molecule has 0 fully saturated rings. The molecule has 0 aliphatic carbocycles. The van der Waals surface area contributed by atoms with Crippen LogP contribution < -0.4 is 4.74 Å². The van der Waals surface area contributed by atoms with Crippen molar-refractivity contribution in [1.29, 1.82) is 0 Å². The molecule has 0 aliphatic heterocycles. The van der Waals surface area contributed by atoms with Crippen molar-refractivity contribution >= 4 is 0 Å². The molecule has 0 saturated heterocycles. The van der Waals surface area contributed by atoms with Gasteiger partial charge in [0.25, 0.3) is 0 Å². The Morgan fingerprint density at radius 1 is 1.44 bits per heavy atom. The minimum atomic E-state index is -0.735. The van der Waals surface area contributed by atoms with Crippen molar-refractivity contribution in [2.24, 2.45) is 0 Å². The maximum absolute atomic E-state index is 10.1. The summed E-state index contributed by atoms with van der Waals surface area (Å²) in [7, 11) is 1.57. The Morgan fingerprint density at radius 2 is 2.25 bits per heavy atom. The van der Waals surface area contributed by atoms with Crippen LogP contribution in [0.4, 0.5) is 0 Å². The first-order chi connectivity index (χ1) is 7.72. The normalized spacial score (nSPS) is 12.4. The SMILES string of the molecule is COc1cncc(C(O)c2ccoc2C)c1. The number of ether oxygens (including phenoxy) is 1. The van der Waals surface area contributed by atoms with Crippen LogP contribution in [0.25, 0.3) is 0 Å². The van der Waals surface area contributed by atoms with Crippen molar-refractivity contribution in [2.75, 3.05) is 7.11 Å². The number of aromatic nitrogens is 1. The van der Waals surface area contributed by atoms with Gasteiger partial charge in [0.2, 0.25) is 0 Å². The first kappa shape index (κ1) is 10.7. The number of furan rings is 1. The Hall–Kier alpha value is -1.81. The number of nitrogens with zero attached hydrogens (tertiary/aromatic N) is 1. The summed E-state index contributed by atoms with van der Waals surface area (Å²) >= 11 is 0. The van der Waals surface area contributed by atoms with Gasteiger partial charge in [0, 0.05) is 17.3 Å². The van der Waals surface area contributed by atoms with Gasteiger partial charge in [-0.15, -0.1) is 0 Å². The largest absolute Gasteiger partial charge is 0.495 e. The number of aryl methyl sites for hydroxylation is 1. The van der Waals surface area contributed by atoms with Gasteiger partial charge in [0.05, 0.1) is 19.6 Å². The summed E-state index contributed by atoms with van der Waals surface area (Å²) < 4.78 is 10.2. The van der Waals surface area contributed by atoms with Crippen LogP contribution in [0, 0.1) is 6.92 Å². The zero-order chi connectivity index (χ0) is 11.5. The molecule has 0 radical (unpaired) electrons. The molecular formula is C12H13NO3. The summed E-state index contributed by atoms with van der Waals surface area (Å²) in [5, 5.41) is 10.1. The van der Waals surface area contributed by atoms with Crippen LogP contribution in [0.1, 0.15) is 23.0 Å². The van der Waals surface area contributed by atoms with E-state index < -0.39 is 6.10 Å². The predicted octanol–water partition coefficient (Wildman–Crippen LogP) is 2.07. The molecule has 2 aromatic rings. The molecule has 84 valence electrons. The number of methoxy groups -OCH3 is 1. The molecule has 0 aromatic carbocycles. The molecule has 1 atom stereocenters. The summed E-state index contributed by atoms with van der Waals surface area (Å²) in [6, 6.07) is 3.50. The maximum Gasteiger partial charge on any atom is 0.137 e. The van der Waals surface area contributed by atoms with E-state index in [1.54, 1.807) is 37.9 Å². The van der Waals surface area contributed by atoms with Gasteiger partial charge in [-0.3, -0.25) is 4.98 Å². The monoisotopic (exact) mass is 219 g/mol. The van der Waals surface area contributed by atoms with Crippen molar-refractivity contribution in [3.8, 4) is 5.75 Å². The fraction of sp³-hybridized carbons (Fsp3) is 0.250. The molecular weight excluding hydrogens is 206 g/mol. The van der Waals surface area contributed by atoms with E-state index in [0.29, 0.717) is 17.1 Å². The fourth-order valence-corrected chi connectivity index (χ4v) is 1.55. The van der Waals surface area contributed by atoms with Gasteiger partial charge in [-0.1, -0.05) is 0 Å². The highest BCUT2D eigenvalue weighted by Gasteiger charge is 2.15. The van der Waals surface area contributed by atoms with E-state index in [4.69, 9.17) is 9.15 Å². The Kier molecular flexibility index (Phi) is 2.92. The fourth-order valence-electron chi connectivity index (χ4n) is 1.55. The molecule has 4 nitrogen and oxygen atoms in total. The number of rotatable bonds is 3. The van der Waals surface area contributed by atoms with Crippen LogP contribution >= 0.6 is 0 Å². The van der Waals surface area contributed by atoms with Gasteiger partial charge in [-0.05, 0) is 19.1 Å². The summed E-state index contributed by atoms with van der Waals surface area (Å²) in [6.07, 6.45) is 4.03. The van der Waals surface area contributed by atoms with E-state index >= 15 is 0 Å². The van der Waals surface area contributed by atoms with Crippen LogP contribution in [-0.4, -0.2) is 17.2 Å². The summed E-state index contributed by atoms with van der Waals surface area (Å²) in [4.78, 5) is 4.00. The minimum Gasteiger partial charge on any atom is -0.495 e. The molecule has 0 spiro atoms. The Balaban J connectivity index is 2.33. The van der Waals surface area contributed by atoms with Gasteiger partial charge < -0.3 is 14.3 Å². The first-order valence-electron chi connectivity index (χ1n) is 4.93. The molecule has 2 rings (SSSR count). The third-order valence-electron chi connectivity index (χ3n) is 2.48. The van der Waals surface area contributed by atoms with Crippen LogP contribution in [0.3, 0.4) is 0 Å². The standard InChI is InChI=1S/C12H13NO3/c1-8-11(3-4-16-8)12(14)9-5-10(15-2)7-13-6-9/h3-7,12,14H,1-2H3. The molecule has 16 heavy (non-hydrogen) atoms. The molecule has 0 amide bonds. The lowest BCUT2D eigenvalue weighted by Crippen LogP contribution is -2.01. The lowest BCUT2D eigenvalue weighted by molar-refractivity contribution is 0.217. The second kappa shape index (κ2) is 4.37. The van der Waals surface area contributed by atoms with Crippen LogP contribution in [0.5, 0.6) is 5.75 Å². The van der Waals surface area contributed by atoms with Crippen molar-refractivity contribution in [1.82, 2.24) is 4.98 Å². The van der Waals surface area contributed by atoms with E-state index in [0.717, 1.165) is 5.56 Å². The topological polar surface area (TPSA) is 55.5 Å². The number of hydrogen-bond donors (Lipinski definition) is 1. The third-order valence-corrected chi connectivity index (χ3v) is 2.48.